The van der Waals surface area contributed by atoms with Crippen LogP contribution in [0.5, 0.6) is 5.75 Å². The lowest BCUT2D eigenvalue weighted by atomic mass is 10.1. The van der Waals surface area contributed by atoms with Crippen LogP contribution in [0.15, 0.2) is 48.5 Å². The van der Waals surface area contributed by atoms with E-state index in [1.165, 1.54) is 0 Å². The van der Waals surface area contributed by atoms with E-state index >= 15 is 0 Å². The molecule has 2 aromatic rings. The van der Waals surface area contributed by atoms with Crippen molar-refractivity contribution >= 4 is 0 Å². The summed E-state index contributed by atoms with van der Waals surface area (Å²) in [6.45, 7) is 5.26. The Labute approximate surface area is 162 Å². The zero-order valence-corrected chi connectivity index (χ0v) is 15.9. The molecule has 0 radical (unpaired) electrons. The van der Waals surface area contributed by atoms with Gasteiger partial charge in [-0.05, 0) is 55.0 Å². The minimum absolute atomic E-state index is 0.515. The van der Waals surface area contributed by atoms with Crippen LogP contribution in [0.3, 0.4) is 0 Å². The van der Waals surface area contributed by atoms with Gasteiger partial charge in [0.2, 0.25) is 0 Å². The third kappa shape index (κ3) is 8.47. The Morgan fingerprint density at radius 1 is 0.704 bits per heavy atom. The number of benzene rings is 2. The summed E-state index contributed by atoms with van der Waals surface area (Å²) in [5.74, 6) is 9.66. The van der Waals surface area contributed by atoms with Gasteiger partial charge in [-0.25, -0.2) is 0 Å². The van der Waals surface area contributed by atoms with E-state index < -0.39 is 0 Å². The van der Waals surface area contributed by atoms with E-state index in [9.17, 15) is 0 Å². The molecule has 0 N–H and O–H groups in total. The molecule has 0 aromatic heterocycles. The van der Waals surface area contributed by atoms with Crippen LogP contribution >= 0.6 is 0 Å². The number of ether oxygens (including phenoxy) is 3. The minimum atomic E-state index is 0.515. The average molecular weight is 362 g/mol. The van der Waals surface area contributed by atoms with Crippen molar-refractivity contribution in [3.8, 4) is 29.9 Å². The molecule has 0 aliphatic heterocycles. The summed E-state index contributed by atoms with van der Waals surface area (Å²) in [6, 6.07) is 15.4. The Bertz CT molecular complexity index is 759. The fraction of sp³-hybridized carbons (Fsp3) is 0.333. The molecule has 140 valence electrons. The van der Waals surface area contributed by atoms with E-state index in [2.05, 4.69) is 24.7 Å². The fourth-order valence-corrected chi connectivity index (χ4v) is 2.22. The molecule has 3 heteroatoms. The van der Waals surface area contributed by atoms with Crippen molar-refractivity contribution in [1.29, 1.82) is 0 Å². The molecule has 0 aliphatic carbocycles. The lowest BCUT2D eigenvalue weighted by Crippen LogP contribution is -2.11. The number of terminal acetylenes is 1. The van der Waals surface area contributed by atoms with Gasteiger partial charge in [0, 0.05) is 23.3 Å². The van der Waals surface area contributed by atoms with Crippen molar-refractivity contribution in [2.45, 2.75) is 19.8 Å². The van der Waals surface area contributed by atoms with Crippen LogP contribution in [0.25, 0.3) is 0 Å². The minimum Gasteiger partial charge on any atom is -0.491 e. The monoisotopic (exact) mass is 362 g/mol. The van der Waals surface area contributed by atoms with E-state index in [4.69, 9.17) is 20.6 Å². The van der Waals surface area contributed by atoms with Gasteiger partial charge in [-0.15, -0.1) is 6.42 Å². The highest BCUT2D eigenvalue weighted by atomic mass is 16.5. The van der Waals surface area contributed by atoms with Crippen LogP contribution in [0, 0.1) is 24.2 Å². The summed E-state index contributed by atoms with van der Waals surface area (Å²) in [5.41, 5.74) is 2.73. The van der Waals surface area contributed by atoms with E-state index in [-0.39, 0.29) is 0 Å². The summed E-state index contributed by atoms with van der Waals surface area (Å²) in [7, 11) is 0. The van der Waals surface area contributed by atoms with Crippen molar-refractivity contribution in [3.05, 3.63) is 65.2 Å². The first-order valence-electron chi connectivity index (χ1n) is 9.29. The first-order valence-corrected chi connectivity index (χ1v) is 9.29. The molecule has 2 rings (SSSR count). The maximum Gasteiger partial charge on any atom is 0.119 e. The van der Waals surface area contributed by atoms with E-state index in [0.29, 0.717) is 26.4 Å². The first kappa shape index (κ1) is 20.6. The van der Waals surface area contributed by atoms with Crippen molar-refractivity contribution < 1.29 is 14.2 Å². The molecule has 0 saturated carbocycles. The van der Waals surface area contributed by atoms with Gasteiger partial charge in [-0.3, -0.25) is 0 Å². The van der Waals surface area contributed by atoms with Gasteiger partial charge in [-0.1, -0.05) is 31.1 Å². The summed E-state index contributed by atoms with van der Waals surface area (Å²) in [5, 5.41) is 0. The van der Waals surface area contributed by atoms with E-state index in [1.807, 2.05) is 48.5 Å². The number of unbranched alkanes of at least 4 members (excludes halogenated alkanes) is 1. The highest BCUT2D eigenvalue weighted by Crippen LogP contribution is 2.11. The molecule has 0 fully saturated rings. The molecule has 2 aromatic carbocycles. The first-order chi connectivity index (χ1) is 13.3. The van der Waals surface area contributed by atoms with Crippen LogP contribution in [-0.2, 0) is 9.47 Å². The molecule has 0 saturated heterocycles. The quantitative estimate of drug-likeness (QED) is 0.466. The predicted molar refractivity (Wildman–Crippen MR) is 109 cm³/mol. The zero-order chi connectivity index (χ0) is 19.2. The predicted octanol–water partition coefficient (Wildman–Crippen LogP) is 4.28. The number of hydrogen-bond acceptors (Lipinski definition) is 3. The van der Waals surface area contributed by atoms with Crippen LogP contribution in [-0.4, -0.2) is 33.0 Å². The highest BCUT2D eigenvalue weighted by Gasteiger charge is 1.95. The van der Waals surface area contributed by atoms with Crippen LogP contribution in [0.2, 0.25) is 0 Å². The van der Waals surface area contributed by atoms with Crippen molar-refractivity contribution in [2.24, 2.45) is 0 Å². The smallest absolute Gasteiger partial charge is 0.119 e. The normalized spacial score (nSPS) is 9.93. The summed E-state index contributed by atoms with van der Waals surface area (Å²) >= 11 is 0. The number of rotatable bonds is 10. The molecule has 0 amide bonds. The van der Waals surface area contributed by atoms with Crippen LogP contribution < -0.4 is 4.74 Å². The molecular formula is C24H26O3. The molecule has 0 atom stereocenters. The van der Waals surface area contributed by atoms with Crippen molar-refractivity contribution in [2.75, 3.05) is 33.0 Å². The second-order valence-electron chi connectivity index (χ2n) is 5.92. The maximum atomic E-state index is 5.66. The van der Waals surface area contributed by atoms with Gasteiger partial charge < -0.3 is 14.2 Å². The topological polar surface area (TPSA) is 27.7 Å². The van der Waals surface area contributed by atoms with Gasteiger partial charge in [0.15, 0.2) is 0 Å². The second-order valence-corrected chi connectivity index (χ2v) is 5.92. The lowest BCUT2D eigenvalue weighted by molar-refractivity contribution is 0.0356. The Morgan fingerprint density at radius 3 is 1.81 bits per heavy atom. The second kappa shape index (κ2) is 12.6. The highest BCUT2D eigenvalue weighted by molar-refractivity contribution is 5.46. The number of hydrogen-bond donors (Lipinski definition) is 0. The fourth-order valence-electron chi connectivity index (χ4n) is 2.22. The molecule has 0 bridgehead atoms. The summed E-state index contributed by atoms with van der Waals surface area (Å²) in [4.78, 5) is 0. The third-order valence-corrected chi connectivity index (χ3v) is 3.77. The van der Waals surface area contributed by atoms with Gasteiger partial charge in [0.25, 0.3) is 0 Å². The molecule has 0 heterocycles. The molecule has 3 nitrogen and oxygen atoms in total. The van der Waals surface area contributed by atoms with Crippen LogP contribution in [0.1, 0.15) is 36.5 Å². The maximum absolute atomic E-state index is 5.66. The largest absolute Gasteiger partial charge is 0.491 e. The van der Waals surface area contributed by atoms with Crippen molar-refractivity contribution in [3.63, 3.8) is 0 Å². The Hall–Kier alpha value is -2.72. The van der Waals surface area contributed by atoms with E-state index in [1.54, 1.807) is 0 Å². The van der Waals surface area contributed by atoms with Gasteiger partial charge >= 0.3 is 0 Å². The third-order valence-electron chi connectivity index (χ3n) is 3.77. The van der Waals surface area contributed by atoms with E-state index in [0.717, 1.165) is 41.9 Å². The Balaban J connectivity index is 1.66. The van der Waals surface area contributed by atoms with Gasteiger partial charge in [0.05, 0.1) is 19.8 Å². The van der Waals surface area contributed by atoms with Gasteiger partial charge in [0.1, 0.15) is 12.4 Å². The molecule has 0 aliphatic rings. The van der Waals surface area contributed by atoms with Crippen LogP contribution in [0.4, 0.5) is 0 Å². The SMILES string of the molecule is C#Cc1ccc(C#Cc2ccc(OCCOCCOCCCC)cc2)cc1. The zero-order valence-electron chi connectivity index (χ0n) is 15.9. The Morgan fingerprint density at radius 2 is 1.22 bits per heavy atom. The standard InChI is InChI=1S/C24H26O3/c1-3-5-16-25-17-18-26-19-20-27-24-14-12-23(13-15-24)11-10-22-8-6-21(4-2)7-9-22/h2,6-9,12-15H,3,5,16-20H2,1H3. The summed E-state index contributed by atoms with van der Waals surface area (Å²) < 4.78 is 16.6. The molecule has 0 unspecified atom stereocenters. The van der Waals surface area contributed by atoms with Gasteiger partial charge in [-0.2, -0.15) is 0 Å². The Kier molecular flexibility index (Phi) is 9.61. The molecule has 27 heavy (non-hydrogen) atoms. The van der Waals surface area contributed by atoms with Crippen molar-refractivity contribution in [1.82, 2.24) is 0 Å². The molecular weight excluding hydrogens is 336 g/mol. The average Bonchev–Trinajstić information content (AvgIpc) is 2.72. The summed E-state index contributed by atoms with van der Waals surface area (Å²) in [6.07, 6.45) is 7.60. The molecule has 0 spiro atoms. The lowest BCUT2D eigenvalue weighted by Gasteiger charge is -2.07.